The molecule has 0 spiro atoms. The molecule has 1 saturated heterocycles. The maximum absolute atomic E-state index is 12.4. The zero-order valence-corrected chi connectivity index (χ0v) is 17.4. The van der Waals surface area contributed by atoms with Crippen molar-refractivity contribution in [1.29, 1.82) is 0 Å². The number of sulfonamides is 1. The van der Waals surface area contributed by atoms with Crippen LogP contribution < -0.4 is 10.6 Å². The third kappa shape index (κ3) is 6.35. The van der Waals surface area contributed by atoms with Gasteiger partial charge in [-0.25, -0.2) is 8.42 Å². The predicted molar refractivity (Wildman–Crippen MR) is 103 cm³/mol. The number of nitrogens with zero attached hydrogens (tertiary/aromatic N) is 2. The largest absolute Gasteiger partial charge is 0.373 e. The fraction of sp³-hybridized carbons (Fsp3) is 0.929. The Morgan fingerprint density at radius 3 is 2.30 bits per heavy atom. The Bertz CT molecular complexity index is 504. The van der Waals surface area contributed by atoms with Crippen LogP contribution in [0.2, 0.25) is 0 Å². The molecule has 1 aliphatic carbocycles. The second kappa shape index (κ2) is 8.82. The summed E-state index contributed by atoms with van der Waals surface area (Å²) < 4.78 is 31.9. The van der Waals surface area contributed by atoms with E-state index in [0.29, 0.717) is 37.6 Å². The van der Waals surface area contributed by atoms with Crippen molar-refractivity contribution < 1.29 is 13.2 Å². The van der Waals surface area contributed by atoms with Gasteiger partial charge in [-0.05, 0) is 26.2 Å². The Balaban J connectivity index is 0.00000264. The van der Waals surface area contributed by atoms with Crippen molar-refractivity contribution in [2.75, 3.05) is 32.4 Å². The quantitative estimate of drug-likeness (QED) is 0.357. The summed E-state index contributed by atoms with van der Waals surface area (Å²) in [6.45, 7) is 7.19. The normalized spacial score (nSPS) is 32.1. The first-order valence-electron chi connectivity index (χ1n) is 7.92. The predicted octanol–water partition coefficient (Wildman–Crippen LogP) is 0.617. The fourth-order valence-electron chi connectivity index (χ4n) is 2.68. The smallest absolute Gasteiger partial charge is 0.216 e. The summed E-state index contributed by atoms with van der Waals surface area (Å²) in [7, 11) is -1.57. The molecule has 7 nitrogen and oxygen atoms in total. The van der Waals surface area contributed by atoms with Crippen LogP contribution >= 0.6 is 24.0 Å². The van der Waals surface area contributed by atoms with E-state index in [0.717, 1.165) is 6.42 Å². The molecule has 4 atom stereocenters. The van der Waals surface area contributed by atoms with Gasteiger partial charge in [-0.1, -0.05) is 6.92 Å². The van der Waals surface area contributed by atoms with Crippen LogP contribution in [0.3, 0.4) is 0 Å². The van der Waals surface area contributed by atoms with E-state index in [1.54, 1.807) is 7.05 Å². The Morgan fingerprint density at radius 1 is 1.26 bits per heavy atom. The number of morpholine rings is 1. The Hall–Kier alpha value is -0.130. The average molecular weight is 460 g/mol. The van der Waals surface area contributed by atoms with Crippen molar-refractivity contribution in [3.8, 4) is 0 Å². The maximum Gasteiger partial charge on any atom is 0.216 e. The summed E-state index contributed by atoms with van der Waals surface area (Å²) >= 11 is 0. The lowest BCUT2D eigenvalue weighted by atomic mass is 10.3. The van der Waals surface area contributed by atoms with Gasteiger partial charge < -0.3 is 15.4 Å². The van der Waals surface area contributed by atoms with Gasteiger partial charge in [0, 0.05) is 32.7 Å². The van der Waals surface area contributed by atoms with Crippen molar-refractivity contribution in [3.05, 3.63) is 0 Å². The minimum atomic E-state index is -3.27. The van der Waals surface area contributed by atoms with Gasteiger partial charge in [-0.15, -0.1) is 24.0 Å². The summed E-state index contributed by atoms with van der Waals surface area (Å²) in [6, 6.07) is 0.462. The van der Waals surface area contributed by atoms with E-state index in [-0.39, 0.29) is 41.9 Å². The van der Waals surface area contributed by atoms with Crippen LogP contribution in [-0.4, -0.2) is 69.4 Å². The lowest BCUT2D eigenvalue weighted by molar-refractivity contribution is -0.0440. The number of halogens is 1. The number of hydrogen-bond acceptors (Lipinski definition) is 4. The molecule has 2 fully saturated rings. The number of aliphatic imine (C=N–C) groups is 1. The topological polar surface area (TPSA) is 83.0 Å². The van der Waals surface area contributed by atoms with Gasteiger partial charge in [0.2, 0.25) is 10.0 Å². The second-order valence-corrected chi connectivity index (χ2v) is 8.44. The van der Waals surface area contributed by atoms with Crippen molar-refractivity contribution in [2.45, 2.75) is 45.4 Å². The van der Waals surface area contributed by atoms with E-state index in [1.165, 1.54) is 4.31 Å². The molecule has 1 heterocycles. The molecule has 0 aromatic heterocycles. The van der Waals surface area contributed by atoms with Crippen molar-refractivity contribution in [1.82, 2.24) is 14.9 Å². The molecular formula is C14H29IN4O3S. The first kappa shape index (κ1) is 20.9. The lowest BCUT2D eigenvalue weighted by Gasteiger charge is -2.34. The van der Waals surface area contributed by atoms with E-state index in [9.17, 15) is 8.42 Å². The van der Waals surface area contributed by atoms with Crippen molar-refractivity contribution in [3.63, 3.8) is 0 Å². The number of rotatable bonds is 5. The summed E-state index contributed by atoms with van der Waals surface area (Å²) in [5, 5.41) is 6.36. The second-order valence-electron chi connectivity index (χ2n) is 6.35. The van der Waals surface area contributed by atoms with Crippen molar-refractivity contribution in [2.24, 2.45) is 10.9 Å². The first-order chi connectivity index (χ1) is 10.3. The molecule has 9 heteroatoms. The monoisotopic (exact) mass is 460 g/mol. The molecule has 0 aromatic carbocycles. The third-order valence-electron chi connectivity index (χ3n) is 4.09. The van der Waals surface area contributed by atoms with Crippen LogP contribution in [0.25, 0.3) is 0 Å². The molecule has 2 aliphatic rings. The van der Waals surface area contributed by atoms with E-state index >= 15 is 0 Å². The number of hydrogen-bond donors (Lipinski definition) is 2. The highest BCUT2D eigenvalue weighted by atomic mass is 127. The molecule has 23 heavy (non-hydrogen) atoms. The Labute approximate surface area is 156 Å². The molecule has 2 rings (SSSR count). The van der Waals surface area contributed by atoms with Crippen molar-refractivity contribution >= 4 is 40.0 Å². The molecule has 0 radical (unpaired) electrons. The highest BCUT2D eigenvalue weighted by Gasteiger charge is 2.33. The van der Waals surface area contributed by atoms with Gasteiger partial charge in [0.25, 0.3) is 0 Å². The molecule has 0 aromatic rings. The third-order valence-corrected chi connectivity index (χ3v) is 5.89. The first-order valence-corrected chi connectivity index (χ1v) is 9.53. The van der Waals surface area contributed by atoms with Crippen LogP contribution in [0.1, 0.15) is 27.2 Å². The van der Waals surface area contributed by atoms with Gasteiger partial charge in [0.15, 0.2) is 5.96 Å². The zero-order chi connectivity index (χ0) is 16.3. The highest BCUT2D eigenvalue weighted by molar-refractivity contribution is 14.0. The Kier molecular flexibility index (Phi) is 8.02. The standard InChI is InChI=1S/C14H28N4O3S.HI/c1-10-7-13(10)17-14(15-4)16-5-6-22(19,20)18-8-11(2)21-12(3)9-18;/h10-13H,5-9H2,1-4H3,(H2,15,16,17);1H. The van der Waals surface area contributed by atoms with Gasteiger partial charge in [-0.3, -0.25) is 4.99 Å². The molecule has 0 bridgehead atoms. The minimum Gasteiger partial charge on any atom is -0.373 e. The fourth-order valence-corrected chi connectivity index (χ4v) is 4.17. The van der Waals surface area contributed by atoms with Crippen LogP contribution in [0, 0.1) is 5.92 Å². The lowest BCUT2D eigenvalue weighted by Crippen LogP contribution is -2.50. The molecular weight excluding hydrogens is 431 g/mol. The van der Waals surface area contributed by atoms with E-state index in [1.807, 2.05) is 13.8 Å². The number of ether oxygens (including phenoxy) is 1. The molecule has 0 amide bonds. The molecule has 1 aliphatic heterocycles. The maximum atomic E-state index is 12.4. The molecule has 136 valence electrons. The van der Waals surface area contributed by atoms with Crippen LogP contribution in [0.5, 0.6) is 0 Å². The summed E-state index contributed by atoms with van der Waals surface area (Å²) in [6.07, 6.45) is 1.03. The van der Waals surface area contributed by atoms with E-state index < -0.39 is 10.0 Å². The van der Waals surface area contributed by atoms with Crippen LogP contribution in [0.15, 0.2) is 4.99 Å². The van der Waals surface area contributed by atoms with Gasteiger partial charge in [0.05, 0.1) is 18.0 Å². The van der Waals surface area contributed by atoms with Gasteiger partial charge in [-0.2, -0.15) is 4.31 Å². The zero-order valence-electron chi connectivity index (χ0n) is 14.3. The molecule has 1 saturated carbocycles. The van der Waals surface area contributed by atoms with Crippen LogP contribution in [-0.2, 0) is 14.8 Å². The van der Waals surface area contributed by atoms with Crippen LogP contribution in [0.4, 0.5) is 0 Å². The van der Waals surface area contributed by atoms with E-state index in [4.69, 9.17) is 4.74 Å². The van der Waals surface area contributed by atoms with E-state index in [2.05, 4.69) is 22.5 Å². The SMILES string of the molecule is CN=C(NCCS(=O)(=O)N1CC(C)OC(C)C1)NC1CC1C.I. The van der Waals surface area contributed by atoms with Gasteiger partial charge >= 0.3 is 0 Å². The average Bonchev–Trinajstić information content (AvgIpc) is 3.11. The summed E-state index contributed by atoms with van der Waals surface area (Å²) in [5.74, 6) is 1.40. The summed E-state index contributed by atoms with van der Waals surface area (Å²) in [4.78, 5) is 4.12. The number of nitrogens with one attached hydrogen (secondary N) is 2. The molecule has 4 unspecified atom stereocenters. The summed E-state index contributed by atoms with van der Waals surface area (Å²) in [5.41, 5.74) is 0. The number of guanidine groups is 1. The molecule has 2 N–H and O–H groups in total. The minimum absolute atomic E-state index is 0. The highest BCUT2D eigenvalue weighted by Crippen LogP contribution is 2.28. The van der Waals surface area contributed by atoms with Gasteiger partial charge in [0.1, 0.15) is 0 Å². The Morgan fingerprint density at radius 2 is 1.83 bits per heavy atom.